The van der Waals surface area contributed by atoms with Crippen LogP contribution < -0.4 is 4.90 Å². The van der Waals surface area contributed by atoms with Crippen molar-refractivity contribution in [2.45, 2.75) is 0 Å². The lowest BCUT2D eigenvalue weighted by Gasteiger charge is -2.27. The van der Waals surface area contributed by atoms with Crippen molar-refractivity contribution in [3.8, 4) is 44.8 Å². The first-order chi connectivity index (χ1) is 52.3. The van der Waals surface area contributed by atoms with Crippen LogP contribution in [0.1, 0.15) is 0 Å². The second-order valence-corrected chi connectivity index (χ2v) is 29.8. The van der Waals surface area contributed by atoms with Gasteiger partial charge < -0.3 is 14.0 Å². The monoisotopic (exact) mass is 1540 g/mol. The number of hydrogen-bond donors (Lipinski definition) is 0. The maximum absolute atomic E-state index is 3.57. The minimum atomic E-state index is 1.09. The molecule has 0 aliphatic heterocycles. The van der Waals surface area contributed by atoms with Crippen molar-refractivity contribution in [2.24, 2.45) is 0 Å². The summed E-state index contributed by atoms with van der Waals surface area (Å²) in [6.07, 6.45) is 0. The standard InChI is InChI=1S/C40H24BrN.C32H20BrN.C28H20BrN/c41-27-21-17-25(18-22-27)26-19-23-28(24-20-26)42-39-35-15-7-3-11-31(35)29-9-1-5-13-33(29)37(39)38-34-14-6-2-10-30(34)32-12-4-8-16-36(32)40(38)42;33-27-13-9-21(10-14-27)22-11-15-28(16-12-22)34-31-19-25-7-3-1-5-23(25)17-29(31)30-18-24-6-2-4-8-26(24)20-32(30)34;29-24-17-13-21(14-18-24)22-15-19-26(20-16-22)30(25-9-2-1-3-10-25)28-12-6-8-23-7-4-5-11-27(23)28/h1-24H;1-20H;1-20H. The summed E-state index contributed by atoms with van der Waals surface area (Å²) >= 11 is 10.6. The van der Waals surface area contributed by atoms with Gasteiger partial charge in [-0.1, -0.05) is 321 Å². The Labute approximate surface area is 639 Å². The highest BCUT2D eigenvalue weighted by Gasteiger charge is 2.24. The molecule has 2 aromatic heterocycles. The number of nitrogens with zero attached hydrogens (tertiary/aromatic N) is 3. The molecule has 2 heterocycles. The summed E-state index contributed by atoms with van der Waals surface area (Å²) in [5, 5.41) is 23.0. The van der Waals surface area contributed by atoms with E-state index in [1.54, 1.807) is 0 Å². The predicted octanol–water partition coefficient (Wildman–Crippen LogP) is 30.1. The number of anilines is 3. The molecular formula is C100H64Br3N3. The summed E-state index contributed by atoms with van der Waals surface area (Å²) in [6, 6.07) is 140. The van der Waals surface area contributed by atoms with Crippen LogP contribution in [0, 0.1) is 0 Å². The Bertz CT molecular complexity index is 6700. The molecule has 0 N–H and O–H groups in total. The minimum absolute atomic E-state index is 1.09. The molecule has 21 aromatic rings. The van der Waals surface area contributed by atoms with Gasteiger partial charge in [-0.25, -0.2) is 0 Å². The molecule has 0 saturated carbocycles. The molecule has 21 rings (SSSR count). The second-order valence-electron chi connectivity index (χ2n) is 27.1. The number of para-hydroxylation sites is 1. The van der Waals surface area contributed by atoms with Crippen molar-refractivity contribution < 1.29 is 0 Å². The molecule has 0 atom stereocenters. The third-order valence-corrected chi connectivity index (χ3v) is 22.5. The molecule has 106 heavy (non-hydrogen) atoms. The first kappa shape index (κ1) is 64.7. The minimum Gasteiger partial charge on any atom is -0.310 e. The van der Waals surface area contributed by atoms with Crippen molar-refractivity contribution in [3.05, 3.63) is 402 Å². The number of halogens is 3. The predicted molar refractivity (Wildman–Crippen MR) is 465 cm³/mol. The average molecular weight is 1550 g/mol. The van der Waals surface area contributed by atoms with Gasteiger partial charge in [0.2, 0.25) is 0 Å². The maximum Gasteiger partial charge on any atom is 0.0626 e. The van der Waals surface area contributed by atoms with Gasteiger partial charge in [0.15, 0.2) is 0 Å². The third-order valence-electron chi connectivity index (χ3n) is 20.9. The number of rotatable bonds is 8. The van der Waals surface area contributed by atoms with Crippen molar-refractivity contribution in [2.75, 3.05) is 4.90 Å². The molecular weight excluding hydrogens is 1480 g/mol. The Morgan fingerprint density at radius 2 is 0.491 bits per heavy atom. The Morgan fingerprint density at radius 1 is 0.198 bits per heavy atom. The SMILES string of the molecule is Brc1ccc(-c2ccc(-n3c4c5ccccc5c5ccccc5c4c4c5ccccc5c5ccccc5c43)cc2)cc1.Brc1ccc(-c2ccc(-n3c4cc5ccccc5cc4c4cc5ccccc5cc43)cc2)cc1.Brc1ccc(-c2ccc(N(c3ccccc3)c3cccc4ccccc34)cc2)cc1. The highest BCUT2D eigenvalue weighted by Crippen LogP contribution is 2.49. The van der Waals surface area contributed by atoms with Gasteiger partial charge >= 0.3 is 0 Å². The summed E-state index contributed by atoms with van der Waals surface area (Å²) in [4.78, 5) is 2.33. The van der Waals surface area contributed by atoms with Crippen molar-refractivity contribution in [1.29, 1.82) is 0 Å². The Kier molecular flexibility index (Phi) is 16.8. The second kappa shape index (κ2) is 27.5. The summed E-state index contributed by atoms with van der Waals surface area (Å²) in [5.74, 6) is 0. The molecule has 6 heteroatoms. The summed E-state index contributed by atoms with van der Waals surface area (Å²) in [6.45, 7) is 0. The van der Waals surface area contributed by atoms with E-state index in [2.05, 4.69) is 450 Å². The fourth-order valence-corrected chi connectivity index (χ4v) is 16.8. The molecule has 0 saturated heterocycles. The number of benzene rings is 19. The normalized spacial score (nSPS) is 11.5. The lowest BCUT2D eigenvalue weighted by molar-refractivity contribution is 1.18. The molecule has 500 valence electrons. The van der Waals surface area contributed by atoms with E-state index < -0.39 is 0 Å². The van der Waals surface area contributed by atoms with Gasteiger partial charge in [0.25, 0.3) is 0 Å². The fraction of sp³-hybridized carbons (Fsp3) is 0. The molecule has 3 nitrogen and oxygen atoms in total. The van der Waals surface area contributed by atoms with E-state index in [0.717, 1.165) is 30.5 Å². The quantitative estimate of drug-likeness (QED) is 0.138. The Balaban J connectivity index is 0.000000111. The van der Waals surface area contributed by atoms with Crippen LogP contribution in [0.2, 0.25) is 0 Å². The van der Waals surface area contributed by atoms with E-state index in [-0.39, 0.29) is 0 Å². The molecule has 0 aliphatic carbocycles. The van der Waals surface area contributed by atoms with E-state index in [4.69, 9.17) is 0 Å². The van der Waals surface area contributed by atoms with E-state index in [9.17, 15) is 0 Å². The van der Waals surface area contributed by atoms with E-state index in [0.29, 0.717) is 0 Å². The average Bonchev–Trinajstić information content (AvgIpc) is 1.52. The third kappa shape index (κ3) is 11.7. The highest BCUT2D eigenvalue weighted by atomic mass is 79.9. The van der Waals surface area contributed by atoms with Crippen LogP contribution in [0.3, 0.4) is 0 Å². The number of fused-ring (bicyclic) bond motifs is 19. The van der Waals surface area contributed by atoms with Crippen molar-refractivity contribution >= 4 is 184 Å². The first-order valence-electron chi connectivity index (χ1n) is 35.8. The topological polar surface area (TPSA) is 13.1 Å². The Morgan fingerprint density at radius 3 is 0.906 bits per heavy atom. The van der Waals surface area contributed by atoms with E-state index in [1.807, 2.05) is 0 Å². The number of hydrogen-bond acceptors (Lipinski definition) is 1. The lowest BCUT2D eigenvalue weighted by Crippen LogP contribution is -2.10. The first-order valence-corrected chi connectivity index (χ1v) is 38.1. The van der Waals surface area contributed by atoms with Crippen LogP contribution in [0.5, 0.6) is 0 Å². The molecule has 0 amide bonds. The van der Waals surface area contributed by atoms with Gasteiger partial charge in [-0.2, -0.15) is 0 Å². The number of aromatic nitrogens is 2. The lowest BCUT2D eigenvalue weighted by atomic mass is 9.93. The molecule has 0 unspecified atom stereocenters. The zero-order valence-corrected chi connectivity index (χ0v) is 62.2. The molecule has 0 spiro atoms. The van der Waals surface area contributed by atoms with E-state index in [1.165, 1.54) is 164 Å². The van der Waals surface area contributed by atoms with Gasteiger partial charge in [0.1, 0.15) is 0 Å². The molecule has 0 bridgehead atoms. The van der Waals surface area contributed by atoms with Gasteiger partial charge in [0, 0.05) is 73.9 Å². The van der Waals surface area contributed by atoms with Crippen LogP contribution in [0.4, 0.5) is 17.1 Å². The van der Waals surface area contributed by atoms with Crippen LogP contribution in [-0.2, 0) is 0 Å². The van der Waals surface area contributed by atoms with Crippen molar-refractivity contribution in [3.63, 3.8) is 0 Å². The van der Waals surface area contributed by atoms with Gasteiger partial charge in [-0.05, 0) is 208 Å². The highest BCUT2D eigenvalue weighted by molar-refractivity contribution is 9.11. The van der Waals surface area contributed by atoms with Gasteiger partial charge in [-0.3, -0.25) is 0 Å². The summed E-state index contributed by atoms with van der Waals surface area (Å²) in [7, 11) is 0. The molecule has 19 aromatic carbocycles. The smallest absolute Gasteiger partial charge is 0.0626 e. The Hall–Kier alpha value is -12.2. The maximum atomic E-state index is 3.57. The fourth-order valence-electron chi connectivity index (χ4n) is 16.0. The zero-order valence-electron chi connectivity index (χ0n) is 57.4. The molecule has 0 fully saturated rings. The summed E-state index contributed by atoms with van der Waals surface area (Å²) in [5.41, 5.74) is 18.1. The van der Waals surface area contributed by atoms with Crippen LogP contribution >= 0.6 is 47.8 Å². The molecule has 0 aliphatic rings. The zero-order chi connectivity index (χ0) is 70.8. The van der Waals surface area contributed by atoms with Gasteiger partial charge in [0.05, 0.1) is 27.8 Å². The van der Waals surface area contributed by atoms with Crippen molar-refractivity contribution in [1.82, 2.24) is 9.13 Å². The largest absolute Gasteiger partial charge is 0.310 e. The van der Waals surface area contributed by atoms with Crippen LogP contribution in [-0.4, -0.2) is 9.13 Å². The molecule has 0 radical (unpaired) electrons. The van der Waals surface area contributed by atoms with Gasteiger partial charge in [-0.15, -0.1) is 0 Å². The van der Waals surface area contributed by atoms with Crippen LogP contribution in [0.15, 0.2) is 402 Å². The summed E-state index contributed by atoms with van der Waals surface area (Å²) < 4.78 is 8.21. The van der Waals surface area contributed by atoms with E-state index >= 15 is 0 Å². The van der Waals surface area contributed by atoms with Crippen LogP contribution in [0.25, 0.3) is 164 Å².